The van der Waals surface area contributed by atoms with E-state index in [1.807, 2.05) is 37.9 Å². The third kappa shape index (κ3) is 2.60. The second-order valence-corrected chi connectivity index (χ2v) is 7.99. The lowest BCUT2D eigenvalue weighted by molar-refractivity contribution is 0.0180. The van der Waals surface area contributed by atoms with Crippen molar-refractivity contribution in [3.8, 4) is 11.1 Å². The first-order valence-corrected chi connectivity index (χ1v) is 8.94. The van der Waals surface area contributed by atoms with Crippen molar-refractivity contribution in [3.63, 3.8) is 0 Å². The lowest BCUT2D eigenvalue weighted by atomic mass is 9.73. The zero-order chi connectivity index (χ0) is 17.7. The van der Waals surface area contributed by atoms with Crippen LogP contribution in [0.2, 0.25) is 0 Å². The van der Waals surface area contributed by atoms with Gasteiger partial charge in [-0.2, -0.15) is 0 Å². The highest BCUT2D eigenvalue weighted by Gasteiger charge is 2.47. The van der Waals surface area contributed by atoms with Crippen LogP contribution in [-0.2, 0) is 10.2 Å². The van der Waals surface area contributed by atoms with Crippen molar-refractivity contribution in [1.29, 1.82) is 0 Å². The molecule has 130 valence electrons. The van der Waals surface area contributed by atoms with E-state index in [0.717, 1.165) is 12.8 Å². The third-order valence-electron chi connectivity index (χ3n) is 5.26. The number of amides is 1. The largest absolute Gasteiger partial charge is 0.444 e. The summed E-state index contributed by atoms with van der Waals surface area (Å²) in [6, 6.07) is 12.8. The van der Waals surface area contributed by atoms with Gasteiger partial charge in [0.15, 0.2) is 0 Å². The number of pyridine rings is 1. The number of fused-ring (bicyclic) bond motifs is 5. The van der Waals surface area contributed by atoms with Gasteiger partial charge >= 0.3 is 6.09 Å². The molecule has 1 aliphatic carbocycles. The first-order chi connectivity index (χ1) is 11.9. The lowest BCUT2D eigenvalue weighted by Gasteiger charge is -2.40. The van der Waals surface area contributed by atoms with Crippen LogP contribution in [0.4, 0.5) is 4.79 Å². The fourth-order valence-electron chi connectivity index (χ4n) is 4.17. The summed E-state index contributed by atoms with van der Waals surface area (Å²) in [5, 5.41) is 0. The van der Waals surface area contributed by atoms with Crippen LogP contribution in [0, 0.1) is 0 Å². The molecule has 0 atom stereocenters. The minimum absolute atomic E-state index is 0.0777. The number of ether oxygens (including phenoxy) is 1. The Kier molecular flexibility index (Phi) is 3.60. The average molecular weight is 336 g/mol. The number of aromatic nitrogens is 1. The number of hydrogen-bond acceptors (Lipinski definition) is 3. The molecule has 4 rings (SSSR count). The van der Waals surface area contributed by atoms with Gasteiger partial charge in [0.1, 0.15) is 5.60 Å². The predicted molar refractivity (Wildman–Crippen MR) is 97.5 cm³/mol. The third-order valence-corrected chi connectivity index (χ3v) is 5.26. The second-order valence-electron chi connectivity index (χ2n) is 7.99. The van der Waals surface area contributed by atoms with Gasteiger partial charge in [-0.3, -0.25) is 4.98 Å². The molecule has 1 aliphatic heterocycles. The van der Waals surface area contributed by atoms with E-state index in [1.54, 1.807) is 0 Å². The van der Waals surface area contributed by atoms with Crippen molar-refractivity contribution in [3.05, 3.63) is 53.9 Å². The zero-order valence-corrected chi connectivity index (χ0v) is 15.1. The molecule has 1 spiro atoms. The molecule has 2 heterocycles. The van der Waals surface area contributed by atoms with E-state index in [0.29, 0.717) is 13.1 Å². The van der Waals surface area contributed by atoms with Crippen LogP contribution in [0.25, 0.3) is 11.1 Å². The van der Waals surface area contributed by atoms with Crippen LogP contribution < -0.4 is 0 Å². The van der Waals surface area contributed by atoms with Gasteiger partial charge in [0.2, 0.25) is 0 Å². The number of hydrogen-bond donors (Lipinski definition) is 0. The molecule has 1 aromatic carbocycles. The lowest BCUT2D eigenvalue weighted by Crippen LogP contribution is -2.46. The number of carbonyl (C=O) groups excluding carboxylic acids is 1. The number of nitrogens with zero attached hydrogens (tertiary/aromatic N) is 2. The van der Waals surface area contributed by atoms with Crippen LogP contribution in [0.15, 0.2) is 42.6 Å². The molecular weight excluding hydrogens is 312 g/mol. The van der Waals surface area contributed by atoms with Gasteiger partial charge in [-0.15, -0.1) is 0 Å². The summed E-state index contributed by atoms with van der Waals surface area (Å²) in [5.74, 6) is 0. The minimum atomic E-state index is -0.458. The summed E-state index contributed by atoms with van der Waals surface area (Å²) >= 11 is 0. The molecule has 0 saturated carbocycles. The molecule has 1 aromatic heterocycles. The van der Waals surface area contributed by atoms with Crippen LogP contribution >= 0.6 is 0 Å². The van der Waals surface area contributed by atoms with Gasteiger partial charge < -0.3 is 9.64 Å². The molecule has 0 radical (unpaired) electrons. The summed E-state index contributed by atoms with van der Waals surface area (Å²) in [6.07, 6.45) is 3.43. The van der Waals surface area contributed by atoms with E-state index in [-0.39, 0.29) is 11.5 Å². The molecule has 0 unspecified atom stereocenters. The van der Waals surface area contributed by atoms with E-state index >= 15 is 0 Å². The summed E-state index contributed by atoms with van der Waals surface area (Å²) in [5.41, 5.74) is 4.51. The molecule has 2 aliphatic rings. The molecule has 4 nitrogen and oxygen atoms in total. The maximum Gasteiger partial charge on any atom is 0.410 e. The van der Waals surface area contributed by atoms with Gasteiger partial charge in [-0.1, -0.05) is 30.3 Å². The molecule has 1 amide bonds. The van der Waals surface area contributed by atoms with Crippen molar-refractivity contribution < 1.29 is 9.53 Å². The van der Waals surface area contributed by atoms with Crippen molar-refractivity contribution in [2.24, 2.45) is 0 Å². The Balaban J connectivity index is 1.64. The average Bonchev–Trinajstić information content (AvgIpc) is 2.85. The van der Waals surface area contributed by atoms with Crippen LogP contribution in [0.1, 0.15) is 44.9 Å². The summed E-state index contributed by atoms with van der Waals surface area (Å²) in [7, 11) is 0. The SMILES string of the molecule is CC(C)(C)OC(=O)N1CCC2(CC1)c1ccccc1-c1cccnc12. The first-order valence-electron chi connectivity index (χ1n) is 8.94. The Morgan fingerprint density at radius 3 is 2.48 bits per heavy atom. The van der Waals surface area contributed by atoms with Gasteiger partial charge in [0, 0.05) is 30.3 Å². The smallest absolute Gasteiger partial charge is 0.410 e. The summed E-state index contributed by atoms with van der Waals surface area (Å²) in [4.78, 5) is 19.0. The summed E-state index contributed by atoms with van der Waals surface area (Å²) in [6.45, 7) is 7.11. The van der Waals surface area contributed by atoms with Crippen molar-refractivity contribution in [2.45, 2.75) is 44.6 Å². The van der Waals surface area contributed by atoms with E-state index < -0.39 is 5.60 Å². The number of piperidine rings is 1. The topological polar surface area (TPSA) is 42.4 Å². The molecule has 2 aromatic rings. The molecule has 4 heteroatoms. The number of carbonyl (C=O) groups is 1. The number of benzene rings is 1. The molecular formula is C21H24N2O2. The highest BCUT2D eigenvalue weighted by molar-refractivity contribution is 5.80. The predicted octanol–water partition coefficient (Wildman–Crippen LogP) is 4.38. The van der Waals surface area contributed by atoms with Crippen molar-refractivity contribution in [1.82, 2.24) is 9.88 Å². The van der Waals surface area contributed by atoms with Gasteiger partial charge in [-0.25, -0.2) is 4.79 Å². The highest BCUT2D eigenvalue weighted by Crippen LogP contribution is 2.52. The van der Waals surface area contributed by atoms with Crippen molar-refractivity contribution in [2.75, 3.05) is 13.1 Å². The minimum Gasteiger partial charge on any atom is -0.444 e. The fraction of sp³-hybridized carbons (Fsp3) is 0.429. The first kappa shape index (κ1) is 16.1. The Morgan fingerprint density at radius 2 is 1.76 bits per heavy atom. The molecule has 0 N–H and O–H groups in total. The van der Waals surface area contributed by atoms with Crippen molar-refractivity contribution >= 4 is 6.09 Å². The Hall–Kier alpha value is -2.36. The number of rotatable bonds is 0. The second kappa shape index (κ2) is 5.58. The van der Waals surface area contributed by atoms with E-state index in [1.165, 1.54) is 22.4 Å². The summed E-state index contributed by atoms with van der Waals surface area (Å²) < 4.78 is 5.54. The van der Waals surface area contributed by atoms with E-state index in [9.17, 15) is 4.79 Å². The van der Waals surface area contributed by atoms with Gasteiger partial charge in [0.25, 0.3) is 0 Å². The fourth-order valence-corrected chi connectivity index (χ4v) is 4.17. The van der Waals surface area contributed by atoms with E-state index in [4.69, 9.17) is 9.72 Å². The Morgan fingerprint density at radius 1 is 1.08 bits per heavy atom. The monoisotopic (exact) mass is 336 g/mol. The highest BCUT2D eigenvalue weighted by atomic mass is 16.6. The maximum absolute atomic E-state index is 12.4. The van der Waals surface area contributed by atoms with Crippen LogP contribution in [0.5, 0.6) is 0 Å². The van der Waals surface area contributed by atoms with Crippen LogP contribution in [0.3, 0.4) is 0 Å². The zero-order valence-electron chi connectivity index (χ0n) is 15.1. The molecule has 25 heavy (non-hydrogen) atoms. The molecule has 0 bridgehead atoms. The van der Waals surface area contributed by atoms with E-state index in [2.05, 4.69) is 30.3 Å². The molecule has 1 fully saturated rings. The van der Waals surface area contributed by atoms with Gasteiger partial charge in [-0.05, 0) is 50.8 Å². The molecule has 1 saturated heterocycles. The van der Waals surface area contributed by atoms with Crippen LogP contribution in [-0.4, -0.2) is 34.7 Å². The Bertz CT molecular complexity index is 767. The Labute approximate surface area is 148 Å². The standard InChI is InChI=1S/C21H24N2O2/c1-20(2,3)25-19(24)23-13-10-21(11-14-23)17-9-5-4-7-15(17)16-8-6-12-22-18(16)21/h4-9,12H,10-11,13-14H2,1-3H3. The number of likely N-dealkylation sites (tertiary alicyclic amines) is 1. The van der Waals surface area contributed by atoms with Gasteiger partial charge in [0.05, 0.1) is 5.69 Å². The normalized spacial score (nSPS) is 18.0. The maximum atomic E-state index is 12.4. The quantitative estimate of drug-likeness (QED) is 0.717.